The number of aromatic nitrogens is 4. The first-order valence-electron chi connectivity index (χ1n) is 11.7. The van der Waals surface area contributed by atoms with Gasteiger partial charge < -0.3 is 19.9 Å². The van der Waals surface area contributed by atoms with E-state index >= 15 is 0 Å². The molecule has 1 saturated heterocycles. The second-order valence-electron chi connectivity index (χ2n) is 8.37. The van der Waals surface area contributed by atoms with Crippen LogP contribution >= 0.6 is 0 Å². The Labute approximate surface area is 216 Å². The van der Waals surface area contributed by atoms with Crippen molar-refractivity contribution < 1.29 is 27.5 Å². The van der Waals surface area contributed by atoms with Gasteiger partial charge in [0, 0.05) is 49.8 Å². The lowest BCUT2D eigenvalue weighted by Crippen LogP contribution is -2.46. The van der Waals surface area contributed by atoms with E-state index in [0.29, 0.717) is 49.2 Å². The van der Waals surface area contributed by atoms with Crippen molar-refractivity contribution in [1.29, 1.82) is 0 Å². The first-order valence-corrected chi connectivity index (χ1v) is 11.7. The molecule has 4 rings (SSSR count). The first kappa shape index (κ1) is 26.6. The summed E-state index contributed by atoms with van der Waals surface area (Å²) in [4.78, 5) is 33.4. The van der Waals surface area contributed by atoms with Crippen LogP contribution in [-0.4, -0.2) is 81.6 Å². The molecule has 10 nitrogen and oxygen atoms in total. The molecule has 0 atom stereocenters. The van der Waals surface area contributed by atoms with E-state index in [4.69, 9.17) is 4.74 Å². The molecule has 0 bridgehead atoms. The van der Waals surface area contributed by atoms with Gasteiger partial charge in [0.25, 0.3) is 0 Å². The number of carbonyl (C=O) groups excluding carboxylic acids is 2. The van der Waals surface area contributed by atoms with E-state index in [1.807, 2.05) is 0 Å². The molecule has 0 unspecified atom stereocenters. The number of piperazine rings is 1. The van der Waals surface area contributed by atoms with Crippen LogP contribution in [0.25, 0.3) is 11.4 Å². The van der Waals surface area contributed by atoms with Gasteiger partial charge in [-0.05, 0) is 30.7 Å². The minimum atomic E-state index is -4.57. The molecule has 2 amide bonds. The summed E-state index contributed by atoms with van der Waals surface area (Å²) in [6.45, 7) is 4.03. The number of amides is 2. The smallest absolute Gasteiger partial charge is 0.432 e. The van der Waals surface area contributed by atoms with Crippen molar-refractivity contribution in [3.8, 4) is 29.0 Å². The Morgan fingerprint density at radius 2 is 1.97 bits per heavy atom. The van der Waals surface area contributed by atoms with Gasteiger partial charge in [-0.15, -0.1) is 0 Å². The van der Waals surface area contributed by atoms with E-state index in [1.165, 1.54) is 18.5 Å². The zero-order valence-electron chi connectivity index (χ0n) is 20.2. The molecule has 13 heteroatoms. The normalized spacial score (nSPS) is 13.9. The Morgan fingerprint density at radius 1 is 1.16 bits per heavy atom. The van der Waals surface area contributed by atoms with E-state index in [-0.39, 0.29) is 11.5 Å². The molecule has 1 aromatic carbocycles. The first-order chi connectivity index (χ1) is 18.3. The Balaban J connectivity index is 1.45. The monoisotopic (exact) mass is 527 g/mol. The van der Waals surface area contributed by atoms with Crippen LogP contribution in [0, 0.1) is 11.8 Å². The van der Waals surface area contributed by atoms with E-state index in [0.717, 1.165) is 26.0 Å². The number of carbonyl (C=O) groups is 2. The SMILES string of the molecule is O=CN1CCN(CCCOc2ccc(-c3ncc(C(F)(F)F)[nH]3)cc2NC(=O)C#Cc2ccnnc2)CC1. The van der Waals surface area contributed by atoms with Crippen molar-refractivity contribution in [2.24, 2.45) is 0 Å². The number of nitrogens with one attached hydrogen (secondary N) is 2. The Bertz CT molecular complexity index is 1310. The molecule has 0 aliphatic carbocycles. The number of alkyl halides is 3. The summed E-state index contributed by atoms with van der Waals surface area (Å²) in [6, 6.07) is 6.18. The number of aromatic amines is 1. The number of nitrogens with zero attached hydrogens (tertiary/aromatic N) is 5. The zero-order chi connectivity index (χ0) is 27.0. The van der Waals surface area contributed by atoms with Crippen LogP contribution in [0.2, 0.25) is 0 Å². The molecule has 198 valence electrons. The van der Waals surface area contributed by atoms with Gasteiger partial charge in [0.1, 0.15) is 17.3 Å². The molecule has 38 heavy (non-hydrogen) atoms. The van der Waals surface area contributed by atoms with Crippen molar-refractivity contribution >= 4 is 18.0 Å². The summed E-state index contributed by atoms with van der Waals surface area (Å²) in [5, 5.41) is 9.98. The van der Waals surface area contributed by atoms with Crippen LogP contribution < -0.4 is 10.1 Å². The predicted molar refractivity (Wildman–Crippen MR) is 131 cm³/mol. The van der Waals surface area contributed by atoms with Gasteiger partial charge in [-0.2, -0.15) is 23.4 Å². The minimum Gasteiger partial charge on any atom is -0.491 e. The maximum Gasteiger partial charge on any atom is 0.432 e. The van der Waals surface area contributed by atoms with Gasteiger partial charge in [-0.1, -0.05) is 5.92 Å². The molecule has 1 aliphatic rings. The fourth-order valence-corrected chi connectivity index (χ4v) is 3.72. The highest BCUT2D eigenvalue weighted by atomic mass is 19.4. The second kappa shape index (κ2) is 12.2. The maximum absolute atomic E-state index is 13.0. The Kier molecular flexibility index (Phi) is 8.55. The quantitative estimate of drug-likeness (QED) is 0.263. The largest absolute Gasteiger partial charge is 0.491 e. The third-order valence-electron chi connectivity index (χ3n) is 5.72. The lowest BCUT2D eigenvalue weighted by Gasteiger charge is -2.32. The van der Waals surface area contributed by atoms with Gasteiger partial charge in [-0.3, -0.25) is 14.5 Å². The summed E-state index contributed by atoms with van der Waals surface area (Å²) >= 11 is 0. The number of hydrogen-bond acceptors (Lipinski definition) is 7. The summed E-state index contributed by atoms with van der Waals surface area (Å²) in [6.07, 6.45) is 0.536. The van der Waals surface area contributed by atoms with Crippen LogP contribution in [0.3, 0.4) is 0 Å². The minimum absolute atomic E-state index is 0.0113. The number of halogens is 3. The van der Waals surface area contributed by atoms with Crippen molar-refractivity contribution in [3.05, 3.63) is 54.1 Å². The molecule has 0 saturated carbocycles. The highest BCUT2D eigenvalue weighted by Gasteiger charge is 2.33. The van der Waals surface area contributed by atoms with Crippen LogP contribution in [0.1, 0.15) is 17.7 Å². The van der Waals surface area contributed by atoms with Gasteiger partial charge in [0.05, 0.1) is 30.9 Å². The van der Waals surface area contributed by atoms with Crippen molar-refractivity contribution in [2.75, 3.05) is 44.6 Å². The van der Waals surface area contributed by atoms with Crippen molar-refractivity contribution in [1.82, 2.24) is 30.0 Å². The predicted octanol–water partition coefficient (Wildman–Crippen LogP) is 2.42. The van der Waals surface area contributed by atoms with Crippen molar-refractivity contribution in [2.45, 2.75) is 12.6 Å². The van der Waals surface area contributed by atoms with E-state index in [1.54, 1.807) is 23.1 Å². The fraction of sp³-hybridized carbons (Fsp3) is 0.320. The third kappa shape index (κ3) is 7.30. The molecule has 1 fully saturated rings. The number of imidazole rings is 1. The highest BCUT2D eigenvalue weighted by Crippen LogP contribution is 2.33. The summed E-state index contributed by atoms with van der Waals surface area (Å²) in [5.41, 5.74) is 0.0653. The van der Waals surface area contributed by atoms with Crippen molar-refractivity contribution in [3.63, 3.8) is 0 Å². The van der Waals surface area contributed by atoms with Crippen LogP contribution in [0.15, 0.2) is 42.9 Å². The van der Waals surface area contributed by atoms with E-state index in [2.05, 4.69) is 42.2 Å². The van der Waals surface area contributed by atoms with E-state index in [9.17, 15) is 22.8 Å². The number of hydrogen-bond donors (Lipinski definition) is 2. The third-order valence-corrected chi connectivity index (χ3v) is 5.72. The summed E-state index contributed by atoms with van der Waals surface area (Å²) in [7, 11) is 0. The molecular formula is C25H24F3N7O3. The maximum atomic E-state index is 13.0. The van der Waals surface area contributed by atoms with Crippen LogP contribution in [0.4, 0.5) is 18.9 Å². The standard InChI is InChI=1S/C25H24F3N7O3/c26-25(27,28)22-16-29-24(33-22)19-3-4-21(38-13-1-8-34-9-11-35(17-36)12-10-34)20(14-19)32-23(37)5-2-18-6-7-30-31-15-18/h3-4,6-7,14-17H,1,8-13H2,(H,29,33)(H,32,37). The van der Waals surface area contributed by atoms with Gasteiger partial charge >= 0.3 is 12.1 Å². The summed E-state index contributed by atoms with van der Waals surface area (Å²) < 4.78 is 44.9. The van der Waals surface area contributed by atoms with Gasteiger partial charge in [0.15, 0.2) is 0 Å². The van der Waals surface area contributed by atoms with Crippen LogP contribution in [0.5, 0.6) is 5.75 Å². The Morgan fingerprint density at radius 3 is 2.66 bits per heavy atom. The number of ether oxygens (including phenoxy) is 1. The zero-order valence-corrected chi connectivity index (χ0v) is 20.2. The summed E-state index contributed by atoms with van der Waals surface area (Å²) in [5.74, 6) is 4.79. The average molecular weight is 528 g/mol. The number of rotatable bonds is 8. The average Bonchev–Trinajstić information content (AvgIpc) is 3.43. The van der Waals surface area contributed by atoms with Gasteiger partial charge in [0.2, 0.25) is 6.41 Å². The van der Waals surface area contributed by atoms with E-state index < -0.39 is 17.8 Å². The second-order valence-corrected chi connectivity index (χ2v) is 8.37. The highest BCUT2D eigenvalue weighted by molar-refractivity contribution is 6.05. The number of benzene rings is 1. The Hall–Kier alpha value is -4.44. The molecule has 1 aliphatic heterocycles. The molecule has 3 aromatic rings. The molecule has 0 spiro atoms. The molecule has 0 radical (unpaired) electrons. The lowest BCUT2D eigenvalue weighted by molar-refractivity contribution is -0.140. The fourth-order valence-electron chi connectivity index (χ4n) is 3.72. The number of H-pyrrole nitrogens is 1. The van der Waals surface area contributed by atoms with Gasteiger partial charge in [-0.25, -0.2) is 4.98 Å². The molecular weight excluding hydrogens is 503 g/mol. The molecule has 3 heterocycles. The lowest BCUT2D eigenvalue weighted by atomic mass is 10.1. The molecule has 2 N–H and O–H groups in total. The molecule has 2 aromatic heterocycles. The van der Waals surface area contributed by atoms with Crippen LogP contribution in [-0.2, 0) is 15.8 Å². The number of anilines is 1. The topological polar surface area (TPSA) is 116 Å².